The van der Waals surface area contributed by atoms with E-state index < -0.39 is 18.0 Å². The number of carbonyl (C=O) groups excluding carboxylic acids is 1. The molecule has 1 aromatic heterocycles. The summed E-state index contributed by atoms with van der Waals surface area (Å²) < 4.78 is 9.89. The second-order valence-electron chi connectivity index (χ2n) is 3.65. The molecule has 1 unspecified atom stereocenters. The van der Waals surface area contributed by atoms with Gasteiger partial charge in [0.25, 0.3) is 0 Å². The second-order valence-corrected chi connectivity index (χ2v) is 3.65. The fourth-order valence-corrected chi connectivity index (χ4v) is 1.42. The first-order valence-electron chi connectivity index (χ1n) is 5.11. The molecule has 0 saturated heterocycles. The summed E-state index contributed by atoms with van der Waals surface area (Å²) in [4.78, 5) is 21.7. The van der Waals surface area contributed by atoms with E-state index in [0.717, 1.165) is 0 Å². The lowest BCUT2D eigenvalue weighted by Gasteiger charge is -2.05. The maximum Gasteiger partial charge on any atom is 0.341 e. The SMILES string of the molecule is COC(=O)c1cc(C(N)CCC(=O)O)oc1C. The molecule has 0 radical (unpaired) electrons. The van der Waals surface area contributed by atoms with Gasteiger partial charge in [-0.15, -0.1) is 0 Å². The van der Waals surface area contributed by atoms with Crippen molar-refractivity contribution in [3.05, 3.63) is 23.2 Å². The quantitative estimate of drug-likeness (QED) is 0.752. The van der Waals surface area contributed by atoms with Crippen molar-refractivity contribution >= 4 is 11.9 Å². The smallest absolute Gasteiger partial charge is 0.341 e. The number of aryl methyl sites for hydroxylation is 1. The molecule has 0 aliphatic heterocycles. The van der Waals surface area contributed by atoms with Crippen LogP contribution in [0.15, 0.2) is 10.5 Å². The number of esters is 1. The molecule has 94 valence electrons. The van der Waals surface area contributed by atoms with Crippen LogP contribution in [0.4, 0.5) is 0 Å². The zero-order chi connectivity index (χ0) is 13.0. The summed E-state index contributed by atoms with van der Waals surface area (Å²) in [5, 5.41) is 8.54. The van der Waals surface area contributed by atoms with E-state index in [1.165, 1.54) is 13.2 Å². The van der Waals surface area contributed by atoms with Gasteiger partial charge in [0.05, 0.1) is 13.2 Å². The Balaban J connectivity index is 2.78. The minimum atomic E-state index is -0.920. The summed E-state index contributed by atoms with van der Waals surface area (Å²) in [7, 11) is 1.28. The van der Waals surface area contributed by atoms with Crippen LogP contribution >= 0.6 is 0 Å². The van der Waals surface area contributed by atoms with Crippen LogP contribution in [0.2, 0.25) is 0 Å². The van der Waals surface area contributed by atoms with Crippen molar-refractivity contribution in [3.63, 3.8) is 0 Å². The summed E-state index contributed by atoms with van der Waals surface area (Å²) in [5.41, 5.74) is 6.07. The lowest BCUT2D eigenvalue weighted by molar-refractivity contribution is -0.137. The molecule has 1 aromatic rings. The molecule has 0 bridgehead atoms. The third kappa shape index (κ3) is 3.32. The number of methoxy groups -OCH3 is 1. The van der Waals surface area contributed by atoms with Crippen molar-refractivity contribution in [2.45, 2.75) is 25.8 Å². The highest BCUT2D eigenvalue weighted by molar-refractivity contribution is 5.90. The van der Waals surface area contributed by atoms with Crippen LogP contribution in [0.5, 0.6) is 0 Å². The van der Waals surface area contributed by atoms with Gasteiger partial charge in [0, 0.05) is 6.42 Å². The van der Waals surface area contributed by atoms with Crippen LogP contribution in [-0.4, -0.2) is 24.2 Å². The van der Waals surface area contributed by atoms with Crippen molar-refractivity contribution < 1.29 is 23.8 Å². The summed E-state index contributed by atoms with van der Waals surface area (Å²) in [6.07, 6.45) is 0.206. The van der Waals surface area contributed by atoms with Crippen molar-refractivity contribution in [1.82, 2.24) is 0 Å². The first kappa shape index (κ1) is 13.2. The van der Waals surface area contributed by atoms with Gasteiger partial charge in [-0.05, 0) is 19.4 Å². The van der Waals surface area contributed by atoms with E-state index in [-0.39, 0.29) is 12.8 Å². The van der Waals surface area contributed by atoms with Crippen LogP contribution in [-0.2, 0) is 9.53 Å². The van der Waals surface area contributed by atoms with Crippen molar-refractivity contribution in [2.24, 2.45) is 5.73 Å². The number of carboxylic acid groups (broad SMARTS) is 1. The number of carbonyl (C=O) groups is 2. The summed E-state index contributed by atoms with van der Waals surface area (Å²) in [5.74, 6) is -0.610. The van der Waals surface area contributed by atoms with Crippen molar-refractivity contribution in [2.75, 3.05) is 7.11 Å². The normalized spacial score (nSPS) is 12.2. The Bertz CT molecular complexity index is 423. The Morgan fingerprint density at radius 3 is 2.76 bits per heavy atom. The Kier molecular flexibility index (Phi) is 4.28. The molecule has 0 amide bonds. The minimum absolute atomic E-state index is 0.0472. The van der Waals surface area contributed by atoms with Gasteiger partial charge < -0.3 is 20.0 Å². The number of hydrogen-bond donors (Lipinski definition) is 2. The zero-order valence-electron chi connectivity index (χ0n) is 9.73. The van der Waals surface area contributed by atoms with Gasteiger partial charge in [0.15, 0.2) is 0 Å². The van der Waals surface area contributed by atoms with Crippen LogP contribution in [0.3, 0.4) is 0 Å². The molecule has 6 heteroatoms. The highest BCUT2D eigenvalue weighted by Crippen LogP contribution is 2.22. The maximum absolute atomic E-state index is 11.3. The number of rotatable bonds is 5. The van der Waals surface area contributed by atoms with Crippen LogP contribution in [0.25, 0.3) is 0 Å². The Morgan fingerprint density at radius 2 is 2.24 bits per heavy atom. The van der Waals surface area contributed by atoms with Crippen LogP contribution < -0.4 is 5.73 Å². The fraction of sp³-hybridized carbons (Fsp3) is 0.455. The molecule has 1 atom stereocenters. The van der Waals surface area contributed by atoms with E-state index in [9.17, 15) is 9.59 Å². The van der Waals surface area contributed by atoms with E-state index in [1.807, 2.05) is 0 Å². The number of furan rings is 1. The molecule has 0 fully saturated rings. The Hall–Kier alpha value is -1.82. The van der Waals surface area contributed by atoms with E-state index in [2.05, 4.69) is 4.74 Å². The molecular weight excluding hydrogens is 226 g/mol. The molecule has 1 rings (SSSR count). The predicted octanol–water partition coefficient (Wildman–Crippen LogP) is 1.24. The summed E-state index contributed by atoms with van der Waals surface area (Å²) in [6.45, 7) is 1.62. The number of hydrogen-bond acceptors (Lipinski definition) is 5. The number of aliphatic carboxylic acids is 1. The monoisotopic (exact) mass is 241 g/mol. The maximum atomic E-state index is 11.3. The Morgan fingerprint density at radius 1 is 1.59 bits per heavy atom. The van der Waals surface area contributed by atoms with Gasteiger partial charge in [0.1, 0.15) is 17.1 Å². The van der Waals surface area contributed by atoms with E-state index in [4.69, 9.17) is 15.3 Å². The number of nitrogens with two attached hydrogens (primary N) is 1. The van der Waals surface area contributed by atoms with Crippen molar-refractivity contribution in [3.8, 4) is 0 Å². The number of ether oxygens (including phenoxy) is 1. The average Bonchev–Trinajstić information content (AvgIpc) is 2.67. The van der Waals surface area contributed by atoms with Gasteiger partial charge in [-0.2, -0.15) is 0 Å². The van der Waals surface area contributed by atoms with E-state index in [1.54, 1.807) is 6.92 Å². The highest BCUT2D eigenvalue weighted by Gasteiger charge is 2.19. The number of carboxylic acids is 1. The fourth-order valence-electron chi connectivity index (χ4n) is 1.42. The molecular formula is C11H15NO5. The standard InChI is InChI=1S/C11H15NO5/c1-6-7(11(15)16-2)5-9(17-6)8(12)3-4-10(13)14/h5,8H,3-4,12H2,1-2H3,(H,13,14). The van der Waals surface area contributed by atoms with E-state index >= 15 is 0 Å². The third-order valence-electron chi connectivity index (χ3n) is 2.38. The summed E-state index contributed by atoms with van der Waals surface area (Å²) in [6, 6.07) is 0.955. The molecule has 1 heterocycles. The predicted molar refractivity (Wildman–Crippen MR) is 58.6 cm³/mol. The Labute approximate surface area is 98.4 Å². The van der Waals surface area contributed by atoms with Gasteiger partial charge in [-0.3, -0.25) is 4.79 Å². The minimum Gasteiger partial charge on any atom is -0.481 e. The highest BCUT2D eigenvalue weighted by atomic mass is 16.5. The molecule has 17 heavy (non-hydrogen) atoms. The largest absolute Gasteiger partial charge is 0.481 e. The molecule has 0 spiro atoms. The molecule has 6 nitrogen and oxygen atoms in total. The van der Waals surface area contributed by atoms with Gasteiger partial charge in [0.2, 0.25) is 0 Å². The molecule has 0 saturated carbocycles. The molecule has 0 aliphatic rings. The first-order chi connectivity index (χ1) is 7.95. The second kappa shape index (κ2) is 5.49. The summed E-state index contributed by atoms with van der Waals surface area (Å²) >= 11 is 0. The lowest BCUT2D eigenvalue weighted by Crippen LogP contribution is -2.11. The zero-order valence-corrected chi connectivity index (χ0v) is 9.73. The molecule has 0 aliphatic carbocycles. The molecule has 3 N–H and O–H groups in total. The first-order valence-corrected chi connectivity index (χ1v) is 5.11. The van der Waals surface area contributed by atoms with Crippen LogP contribution in [0.1, 0.15) is 40.8 Å². The van der Waals surface area contributed by atoms with Gasteiger partial charge in [-0.1, -0.05) is 0 Å². The lowest BCUT2D eigenvalue weighted by atomic mass is 10.1. The topological polar surface area (TPSA) is 103 Å². The average molecular weight is 241 g/mol. The van der Waals surface area contributed by atoms with E-state index in [0.29, 0.717) is 17.1 Å². The van der Waals surface area contributed by atoms with Crippen LogP contribution in [0, 0.1) is 6.92 Å². The third-order valence-corrected chi connectivity index (χ3v) is 2.38. The van der Waals surface area contributed by atoms with Crippen molar-refractivity contribution in [1.29, 1.82) is 0 Å². The van der Waals surface area contributed by atoms with Gasteiger partial charge >= 0.3 is 11.9 Å². The van der Waals surface area contributed by atoms with Gasteiger partial charge in [-0.25, -0.2) is 4.79 Å². The molecule has 0 aromatic carbocycles.